The van der Waals surface area contributed by atoms with Gasteiger partial charge in [0, 0.05) is 26.1 Å². The topological polar surface area (TPSA) is 41.6 Å². The van der Waals surface area contributed by atoms with E-state index in [2.05, 4.69) is 41.4 Å². The molecule has 2 atom stereocenters. The molecule has 2 unspecified atom stereocenters. The summed E-state index contributed by atoms with van der Waals surface area (Å²) in [6.45, 7) is 6.68. The maximum absolute atomic E-state index is 12.8. The number of ether oxygens (including phenoxy) is 1. The van der Waals surface area contributed by atoms with Crippen molar-refractivity contribution in [1.82, 2.24) is 10.2 Å². The normalized spacial score (nSPS) is 23.1. The molecule has 25 heavy (non-hydrogen) atoms. The smallest absolute Gasteiger partial charge is 0.222 e. The SMILES string of the molecule is Cc1ccc(CCN(CC2CCCO2)C(=O)CCC2CCNC2)cc1. The zero-order valence-electron chi connectivity index (χ0n) is 15.5. The van der Waals surface area contributed by atoms with Gasteiger partial charge in [-0.05, 0) is 63.6 Å². The van der Waals surface area contributed by atoms with E-state index in [0.29, 0.717) is 18.2 Å². The first-order chi connectivity index (χ1) is 12.2. The van der Waals surface area contributed by atoms with Gasteiger partial charge in [0.25, 0.3) is 0 Å². The molecule has 0 bridgehead atoms. The standard InChI is InChI=1S/C21H32N2O2/c1-17-4-6-18(7-5-17)11-13-23(16-20-3-2-14-25-20)21(24)9-8-19-10-12-22-15-19/h4-7,19-20,22H,2-3,8-16H2,1H3. The molecule has 138 valence electrons. The molecule has 0 spiro atoms. The summed E-state index contributed by atoms with van der Waals surface area (Å²) in [6.07, 6.45) is 6.26. The minimum atomic E-state index is 0.232. The molecule has 2 heterocycles. The highest BCUT2D eigenvalue weighted by molar-refractivity contribution is 5.76. The molecule has 2 fully saturated rings. The van der Waals surface area contributed by atoms with Gasteiger partial charge < -0.3 is 15.0 Å². The van der Waals surface area contributed by atoms with Crippen LogP contribution in [0.4, 0.5) is 0 Å². The lowest BCUT2D eigenvalue weighted by atomic mass is 10.0. The molecule has 0 aliphatic carbocycles. The molecule has 0 radical (unpaired) electrons. The third-order valence-corrected chi connectivity index (χ3v) is 5.52. The third kappa shape index (κ3) is 5.82. The number of hydrogen-bond donors (Lipinski definition) is 1. The van der Waals surface area contributed by atoms with Crippen LogP contribution in [-0.4, -0.2) is 49.7 Å². The number of amides is 1. The second kappa shape index (κ2) is 9.35. The second-order valence-electron chi connectivity index (χ2n) is 7.61. The maximum Gasteiger partial charge on any atom is 0.222 e. The van der Waals surface area contributed by atoms with E-state index in [4.69, 9.17) is 4.74 Å². The lowest BCUT2D eigenvalue weighted by molar-refractivity contribution is -0.133. The first kappa shape index (κ1) is 18.4. The summed E-state index contributed by atoms with van der Waals surface area (Å²) in [5.74, 6) is 0.972. The summed E-state index contributed by atoms with van der Waals surface area (Å²) in [5.41, 5.74) is 2.58. The van der Waals surface area contributed by atoms with Crippen LogP contribution in [0.3, 0.4) is 0 Å². The molecule has 1 aromatic rings. The van der Waals surface area contributed by atoms with Crippen molar-refractivity contribution >= 4 is 5.91 Å². The Bertz CT molecular complexity index is 531. The number of hydrogen-bond acceptors (Lipinski definition) is 3. The van der Waals surface area contributed by atoms with Crippen molar-refractivity contribution in [1.29, 1.82) is 0 Å². The minimum absolute atomic E-state index is 0.232. The van der Waals surface area contributed by atoms with E-state index in [9.17, 15) is 4.79 Å². The maximum atomic E-state index is 12.8. The molecule has 1 amide bonds. The predicted octanol–water partition coefficient (Wildman–Crippen LogP) is 2.93. The summed E-state index contributed by atoms with van der Waals surface area (Å²) in [6, 6.07) is 8.64. The first-order valence-electron chi connectivity index (χ1n) is 9.86. The molecule has 2 aliphatic rings. The molecule has 0 saturated carbocycles. The molecular weight excluding hydrogens is 312 g/mol. The molecule has 1 aromatic carbocycles. The number of rotatable bonds is 8. The van der Waals surface area contributed by atoms with E-state index in [1.165, 1.54) is 17.5 Å². The monoisotopic (exact) mass is 344 g/mol. The summed E-state index contributed by atoms with van der Waals surface area (Å²) in [4.78, 5) is 14.9. The second-order valence-corrected chi connectivity index (χ2v) is 7.61. The minimum Gasteiger partial charge on any atom is -0.376 e. The van der Waals surface area contributed by atoms with E-state index < -0.39 is 0 Å². The van der Waals surface area contributed by atoms with Crippen molar-refractivity contribution in [2.75, 3.05) is 32.8 Å². The van der Waals surface area contributed by atoms with E-state index >= 15 is 0 Å². The van der Waals surface area contributed by atoms with Crippen LogP contribution in [0, 0.1) is 12.8 Å². The molecule has 2 saturated heterocycles. The lowest BCUT2D eigenvalue weighted by Gasteiger charge is -2.26. The summed E-state index contributed by atoms with van der Waals surface area (Å²) >= 11 is 0. The summed E-state index contributed by atoms with van der Waals surface area (Å²) in [5, 5.41) is 3.39. The quantitative estimate of drug-likeness (QED) is 0.788. The average molecular weight is 344 g/mol. The van der Waals surface area contributed by atoms with E-state index in [1.807, 2.05) is 0 Å². The van der Waals surface area contributed by atoms with Gasteiger partial charge in [-0.3, -0.25) is 4.79 Å². The molecular formula is C21H32N2O2. The molecule has 2 aliphatic heterocycles. The summed E-state index contributed by atoms with van der Waals surface area (Å²) in [7, 11) is 0. The van der Waals surface area contributed by atoms with Gasteiger partial charge in [-0.25, -0.2) is 0 Å². The van der Waals surface area contributed by atoms with Gasteiger partial charge in [0.2, 0.25) is 5.91 Å². The van der Waals surface area contributed by atoms with Gasteiger partial charge in [0.05, 0.1) is 6.10 Å². The van der Waals surface area contributed by atoms with Gasteiger partial charge in [-0.2, -0.15) is 0 Å². The van der Waals surface area contributed by atoms with E-state index in [1.54, 1.807) is 0 Å². The zero-order valence-corrected chi connectivity index (χ0v) is 15.5. The molecule has 4 nitrogen and oxygen atoms in total. The zero-order chi connectivity index (χ0) is 17.5. The molecule has 4 heteroatoms. The highest BCUT2D eigenvalue weighted by Gasteiger charge is 2.23. The van der Waals surface area contributed by atoms with Gasteiger partial charge in [-0.15, -0.1) is 0 Å². The Morgan fingerprint density at radius 2 is 2.12 bits per heavy atom. The van der Waals surface area contributed by atoms with E-state index in [0.717, 1.165) is 58.5 Å². The van der Waals surface area contributed by atoms with Crippen LogP contribution in [0.5, 0.6) is 0 Å². The fourth-order valence-electron chi connectivity index (χ4n) is 3.82. The molecule has 1 N–H and O–H groups in total. The molecule has 3 rings (SSSR count). The van der Waals surface area contributed by atoms with Crippen LogP contribution >= 0.6 is 0 Å². The number of carbonyl (C=O) groups excluding carboxylic acids is 1. The Morgan fingerprint density at radius 1 is 1.28 bits per heavy atom. The number of aryl methyl sites for hydroxylation is 1. The Morgan fingerprint density at radius 3 is 2.80 bits per heavy atom. The number of benzene rings is 1. The van der Waals surface area contributed by atoms with Gasteiger partial charge in [-0.1, -0.05) is 29.8 Å². The Hall–Kier alpha value is -1.39. The Kier molecular flexibility index (Phi) is 6.88. The van der Waals surface area contributed by atoms with Crippen molar-refractivity contribution in [3.63, 3.8) is 0 Å². The highest BCUT2D eigenvalue weighted by Crippen LogP contribution is 2.18. The fourth-order valence-corrected chi connectivity index (χ4v) is 3.82. The number of carbonyl (C=O) groups is 1. The van der Waals surface area contributed by atoms with Crippen molar-refractivity contribution in [3.05, 3.63) is 35.4 Å². The van der Waals surface area contributed by atoms with E-state index in [-0.39, 0.29) is 6.10 Å². The Balaban J connectivity index is 1.53. The van der Waals surface area contributed by atoms with Gasteiger partial charge >= 0.3 is 0 Å². The van der Waals surface area contributed by atoms with Crippen LogP contribution in [0.15, 0.2) is 24.3 Å². The van der Waals surface area contributed by atoms with Crippen molar-refractivity contribution < 1.29 is 9.53 Å². The van der Waals surface area contributed by atoms with Crippen LogP contribution < -0.4 is 5.32 Å². The van der Waals surface area contributed by atoms with Crippen LogP contribution in [0.2, 0.25) is 0 Å². The van der Waals surface area contributed by atoms with Crippen molar-refractivity contribution in [2.45, 2.75) is 51.6 Å². The Labute approximate surface area is 151 Å². The average Bonchev–Trinajstić information content (AvgIpc) is 3.31. The van der Waals surface area contributed by atoms with Crippen molar-refractivity contribution in [3.8, 4) is 0 Å². The van der Waals surface area contributed by atoms with Crippen molar-refractivity contribution in [2.24, 2.45) is 5.92 Å². The first-order valence-corrected chi connectivity index (χ1v) is 9.86. The molecule has 0 aromatic heterocycles. The van der Waals surface area contributed by atoms with Crippen LogP contribution in [0.25, 0.3) is 0 Å². The predicted molar refractivity (Wildman–Crippen MR) is 101 cm³/mol. The van der Waals surface area contributed by atoms with Gasteiger partial charge in [0.1, 0.15) is 0 Å². The lowest BCUT2D eigenvalue weighted by Crippen LogP contribution is -2.39. The summed E-state index contributed by atoms with van der Waals surface area (Å²) < 4.78 is 5.78. The van der Waals surface area contributed by atoms with Crippen LogP contribution in [-0.2, 0) is 16.0 Å². The third-order valence-electron chi connectivity index (χ3n) is 5.52. The number of nitrogens with one attached hydrogen (secondary N) is 1. The highest BCUT2D eigenvalue weighted by atomic mass is 16.5. The van der Waals surface area contributed by atoms with Gasteiger partial charge in [0.15, 0.2) is 0 Å². The number of nitrogens with zero attached hydrogens (tertiary/aromatic N) is 1. The largest absolute Gasteiger partial charge is 0.376 e. The van der Waals surface area contributed by atoms with Crippen LogP contribution in [0.1, 0.15) is 43.2 Å². The fraction of sp³-hybridized carbons (Fsp3) is 0.667.